The van der Waals surface area contributed by atoms with Gasteiger partial charge >= 0.3 is 0 Å². The molecule has 24 heavy (non-hydrogen) atoms. The fourth-order valence-corrected chi connectivity index (χ4v) is 2.73. The number of hydrogen-bond acceptors (Lipinski definition) is 2. The third-order valence-electron chi connectivity index (χ3n) is 3.85. The first-order chi connectivity index (χ1) is 11.4. The fraction of sp³-hybridized carbons (Fsp3) is 0.455. The highest BCUT2D eigenvalue weighted by Gasteiger charge is 2.13. The van der Waals surface area contributed by atoms with Crippen LogP contribution in [-0.4, -0.2) is 6.79 Å². The minimum Gasteiger partial charge on any atom is -0.454 e. The second kappa shape index (κ2) is 8.77. The van der Waals surface area contributed by atoms with Crippen molar-refractivity contribution in [2.45, 2.75) is 47.5 Å². The van der Waals surface area contributed by atoms with Gasteiger partial charge in [0, 0.05) is 0 Å². The Balaban J connectivity index is 0.000000177. The van der Waals surface area contributed by atoms with Crippen LogP contribution in [0.4, 0.5) is 0 Å². The Hall–Kier alpha value is -1.96. The molecule has 0 radical (unpaired) electrons. The standard InChI is InChI=1S/C11H14O2.C11H16/c1-8(2)5-9-3-4-10-11(6-9)13-7-12-10;1-9(2)8-11-6-4-10(3)5-7-11/h3-4,6,8H,5,7H2,1-2H3;4-7,9H,8H2,1-3H3. The van der Waals surface area contributed by atoms with E-state index in [1.54, 1.807) is 0 Å². The molecule has 0 fully saturated rings. The van der Waals surface area contributed by atoms with E-state index in [4.69, 9.17) is 9.47 Å². The molecule has 0 atom stereocenters. The van der Waals surface area contributed by atoms with Gasteiger partial charge in [0.2, 0.25) is 6.79 Å². The lowest BCUT2D eigenvalue weighted by Gasteiger charge is -2.05. The molecule has 0 unspecified atom stereocenters. The largest absolute Gasteiger partial charge is 0.454 e. The lowest BCUT2D eigenvalue weighted by Crippen LogP contribution is -1.94. The van der Waals surface area contributed by atoms with E-state index in [1.807, 2.05) is 6.07 Å². The van der Waals surface area contributed by atoms with Crippen LogP contribution >= 0.6 is 0 Å². The van der Waals surface area contributed by atoms with Crippen molar-refractivity contribution >= 4 is 0 Å². The van der Waals surface area contributed by atoms with Gasteiger partial charge in [-0.3, -0.25) is 0 Å². The van der Waals surface area contributed by atoms with Gasteiger partial charge in [-0.2, -0.15) is 0 Å². The molecule has 0 saturated carbocycles. The molecule has 0 bridgehead atoms. The van der Waals surface area contributed by atoms with Crippen molar-refractivity contribution < 1.29 is 9.47 Å². The predicted molar refractivity (Wildman–Crippen MR) is 101 cm³/mol. The van der Waals surface area contributed by atoms with Crippen LogP contribution in [0, 0.1) is 18.8 Å². The minimum absolute atomic E-state index is 0.362. The molecule has 2 aromatic carbocycles. The molecular weight excluding hydrogens is 296 g/mol. The van der Waals surface area contributed by atoms with E-state index in [-0.39, 0.29) is 0 Å². The molecule has 0 N–H and O–H groups in total. The number of benzene rings is 2. The molecule has 2 nitrogen and oxygen atoms in total. The minimum atomic E-state index is 0.362. The highest BCUT2D eigenvalue weighted by Crippen LogP contribution is 2.32. The lowest BCUT2D eigenvalue weighted by atomic mass is 10.0. The van der Waals surface area contributed by atoms with Crippen LogP contribution in [-0.2, 0) is 12.8 Å². The van der Waals surface area contributed by atoms with Gasteiger partial charge in [0.15, 0.2) is 11.5 Å². The number of rotatable bonds is 4. The molecule has 2 heteroatoms. The summed E-state index contributed by atoms with van der Waals surface area (Å²) in [6.45, 7) is 11.4. The number of ether oxygens (including phenoxy) is 2. The van der Waals surface area contributed by atoms with Gasteiger partial charge in [0.05, 0.1) is 0 Å². The first kappa shape index (κ1) is 18.4. The van der Waals surface area contributed by atoms with Crippen molar-refractivity contribution in [2.75, 3.05) is 6.79 Å². The maximum atomic E-state index is 5.30. The third kappa shape index (κ3) is 5.92. The molecule has 3 rings (SSSR count). The summed E-state index contributed by atoms with van der Waals surface area (Å²) in [7, 11) is 0. The summed E-state index contributed by atoms with van der Waals surface area (Å²) < 4.78 is 10.5. The van der Waals surface area contributed by atoms with Gasteiger partial charge in [0.1, 0.15) is 0 Å². The Morgan fingerprint density at radius 1 is 0.750 bits per heavy atom. The molecule has 0 amide bonds. The molecule has 0 spiro atoms. The van der Waals surface area contributed by atoms with E-state index in [0.717, 1.165) is 23.8 Å². The summed E-state index contributed by atoms with van der Waals surface area (Å²) in [6.07, 6.45) is 2.29. The summed E-state index contributed by atoms with van der Waals surface area (Å²) in [4.78, 5) is 0. The predicted octanol–water partition coefficient (Wildman–Crippen LogP) is 5.81. The Bertz CT molecular complexity index is 627. The normalized spacial score (nSPS) is 12.3. The van der Waals surface area contributed by atoms with E-state index < -0.39 is 0 Å². The summed E-state index contributed by atoms with van der Waals surface area (Å²) in [5, 5.41) is 0. The van der Waals surface area contributed by atoms with Crippen LogP contribution in [0.15, 0.2) is 42.5 Å². The third-order valence-corrected chi connectivity index (χ3v) is 3.85. The first-order valence-electron chi connectivity index (χ1n) is 8.88. The van der Waals surface area contributed by atoms with Gasteiger partial charge in [-0.15, -0.1) is 0 Å². The molecule has 0 aromatic heterocycles. The van der Waals surface area contributed by atoms with Gasteiger partial charge in [0.25, 0.3) is 0 Å². The molecule has 1 aliphatic rings. The molecule has 1 aliphatic heterocycles. The van der Waals surface area contributed by atoms with Crippen molar-refractivity contribution in [1.82, 2.24) is 0 Å². The van der Waals surface area contributed by atoms with E-state index in [1.165, 1.54) is 23.1 Å². The quantitative estimate of drug-likeness (QED) is 0.706. The average molecular weight is 326 g/mol. The SMILES string of the molecule is CC(C)Cc1ccc2c(c1)OCO2.Cc1ccc(CC(C)C)cc1. The second-order valence-electron chi connectivity index (χ2n) is 7.37. The number of fused-ring (bicyclic) bond motifs is 1. The van der Waals surface area contributed by atoms with E-state index in [0.29, 0.717) is 12.7 Å². The molecular formula is C22H30O2. The highest BCUT2D eigenvalue weighted by molar-refractivity contribution is 5.44. The van der Waals surface area contributed by atoms with Crippen LogP contribution in [0.2, 0.25) is 0 Å². The monoisotopic (exact) mass is 326 g/mol. The maximum Gasteiger partial charge on any atom is 0.231 e. The van der Waals surface area contributed by atoms with Gasteiger partial charge in [-0.1, -0.05) is 63.6 Å². The average Bonchev–Trinajstić information content (AvgIpc) is 2.97. The topological polar surface area (TPSA) is 18.5 Å². The van der Waals surface area contributed by atoms with E-state index in [9.17, 15) is 0 Å². The van der Waals surface area contributed by atoms with Crippen LogP contribution < -0.4 is 9.47 Å². The van der Waals surface area contributed by atoms with Crippen LogP contribution in [0.25, 0.3) is 0 Å². The summed E-state index contributed by atoms with van der Waals surface area (Å²) in [5.74, 6) is 3.20. The van der Waals surface area contributed by atoms with Crippen molar-refractivity contribution in [3.63, 3.8) is 0 Å². The lowest BCUT2D eigenvalue weighted by molar-refractivity contribution is 0.174. The Labute approximate surface area is 146 Å². The van der Waals surface area contributed by atoms with E-state index in [2.05, 4.69) is 71.0 Å². The van der Waals surface area contributed by atoms with Crippen molar-refractivity contribution in [1.29, 1.82) is 0 Å². The maximum absolute atomic E-state index is 5.30. The molecule has 0 saturated heterocycles. The van der Waals surface area contributed by atoms with E-state index >= 15 is 0 Å². The zero-order valence-corrected chi connectivity index (χ0v) is 15.6. The Morgan fingerprint density at radius 2 is 1.29 bits per heavy atom. The van der Waals surface area contributed by atoms with Gasteiger partial charge in [-0.05, 0) is 54.9 Å². The van der Waals surface area contributed by atoms with Crippen molar-refractivity contribution in [3.8, 4) is 11.5 Å². The number of aryl methyl sites for hydroxylation is 1. The van der Waals surface area contributed by atoms with Crippen LogP contribution in [0.3, 0.4) is 0 Å². The fourth-order valence-electron chi connectivity index (χ4n) is 2.73. The first-order valence-corrected chi connectivity index (χ1v) is 8.88. The summed E-state index contributed by atoms with van der Waals surface area (Å²) >= 11 is 0. The second-order valence-corrected chi connectivity index (χ2v) is 7.37. The van der Waals surface area contributed by atoms with Crippen LogP contribution in [0.1, 0.15) is 44.4 Å². The summed E-state index contributed by atoms with van der Waals surface area (Å²) in [5.41, 5.74) is 4.11. The molecule has 2 aromatic rings. The number of hydrogen-bond donors (Lipinski definition) is 0. The Kier molecular flexibility index (Phi) is 6.72. The van der Waals surface area contributed by atoms with Crippen molar-refractivity contribution in [3.05, 3.63) is 59.2 Å². The van der Waals surface area contributed by atoms with Gasteiger partial charge in [-0.25, -0.2) is 0 Å². The van der Waals surface area contributed by atoms with Crippen LogP contribution in [0.5, 0.6) is 11.5 Å². The molecule has 0 aliphatic carbocycles. The zero-order chi connectivity index (χ0) is 17.5. The summed E-state index contributed by atoms with van der Waals surface area (Å²) in [6, 6.07) is 15.0. The molecule has 130 valence electrons. The Morgan fingerprint density at radius 3 is 1.92 bits per heavy atom. The van der Waals surface area contributed by atoms with Crippen molar-refractivity contribution in [2.24, 2.45) is 11.8 Å². The zero-order valence-electron chi connectivity index (χ0n) is 15.6. The van der Waals surface area contributed by atoms with Gasteiger partial charge < -0.3 is 9.47 Å². The molecule has 1 heterocycles. The smallest absolute Gasteiger partial charge is 0.231 e. The highest BCUT2D eigenvalue weighted by atomic mass is 16.7.